The molecule has 0 saturated carbocycles. The van der Waals surface area contributed by atoms with Gasteiger partial charge in [-0.05, 0) is 5.41 Å². The smallest absolute Gasteiger partial charge is 0.434 e. The average molecular weight is 292 g/mol. The number of halogens is 3. The maximum atomic E-state index is 12.9. The third-order valence-corrected chi connectivity index (χ3v) is 2.56. The second-order valence-corrected chi connectivity index (χ2v) is 5.28. The van der Waals surface area contributed by atoms with Crippen molar-refractivity contribution >= 4 is 5.97 Å². The first-order valence-electron chi connectivity index (χ1n) is 5.68. The van der Waals surface area contributed by atoms with Crippen LogP contribution in [0.25, 0.3) is 0 Å². The van der Waals surface area contributed by atoms with Gasteiger partial charge in [-0.2, -0.15) is 13.2 Å². The molecule has 1 rings (SSSR count). The van der Waals surface area contributed by atoms with Gasteiger partial charge in [0.15, 0.2) is 11.5 Å². The minimum absolute atomic E-state index is 0.197. The van der Waals surface area contributed by atoms with Gasteiger partial charge in [0.05, 0.1) is 0 Å². The highest BCUT2D eigenvalue weighted by molar-refractivity contribution is 5.88. The van der Waals surface area contributed by atoms with Crippen LogP contribution < -0.4 is 0 Å². The highest BCUT2D eigenvalue weighted by Gasteiger charge is 2.39. The highest BCUT2D eigenvalue weighted by Crippen LogP contribution is 2.36. The Bertz CT molecular complexity index is 510. The van der Waals surface area contributed by atoms with Gasteiger partial charge >= 0.3 is 12.1 Å². The molecule has 0 fully saturated rings. The lowest BCUT2D eigenvalue weighted by molar-refractivity contribution is -0.142. The Morgan fingerprint density at radius 1 is 1.35 bits per heavy atom. The zero-order chi connectivity index (χ0) is 15.7. The summed E-state index contributed by atoms with van der Waals surface area (Å²) in [4.78, 5) is 17.9. The van der Waals surface area contributed by atoms with Gasteiger partial charge in [-0.1, -0.05) is 20.8 Å². The van der Waals surface area contributed by atoms with Gasteiger partial charge in [0, 0.05) is 13.3 Å². The second kappa shape index (κ2) is 5.35. The van der Waals surface area contributed by atoms with Crippen LogP contribution in [0.15, 0.2) is 6.20 Å². The van der Waals surface area contributed by atoms with E-state index in [-0.39, 0.29) is 5.82 Å². The lowest BCUT2D eigenvalue weighted by Gasteiger charge is -2.28. The molecule has 1 unspecified atom stereocenters. The van der Waals surface area contributed by atoms with Crippen LogP contribution in [-0.4, -0.2) is 28.2 Å². The summed E-state index contributed by atoms with van der Waals surface area (Å²) in [6, 6.07) is 0. The first-order valence-corrected chi connectivity index (χ1v) is 5.68. The molecule has 1 atom stereocenters. The first kappa shape index (κ1) is 16.4. The number of alkyl halides is 3. The quantitative estimate of drug-likeness (QED) is 0.927. The predicted octanol–water partition coefficient (Wildman–Crippen LogP) is 2.93. The standard InChI is InChI=1S/C12H15F3N2O3/c1-11(2,3)8(20-4)9-16-5-6(10(18)19)7(17-9)12(13,14)15/h5,8H,1-4H3,(H,18,19). The first-order chi connectivity index (χ1) is 8.98. The number of nitrogens with zero attached hydrogens (tertiary/aromatic N) is 2. The van der Waals surface area contributed by atoms with E-state index >= 15 is 0 Å². The lowest BCUT2D eigenvalue weighted by Crippen LogP contribution is -2.25. The molecule has 0 radical (unpaired) electrons. The van der Waals surface area contributed by atoms with E-state index in [0.29, 0.717) is 6.20 Å². The third kappa shape index (κ3) is 3.44. The maximum Gasteiger partial charge on any atom is 0.434 e. The lowest BCUT2D eigenvalue weighted by atomic mass is 9.88. The largest absolute Gasteiger partial charge is 0.478 e. The molecule has 5 nitrogen and oxygen atoms in total. The van der Waals surface area contributed by atoms with Crippen LogP contribution in [0.2, 0.25) is 0 Å². The number of ether oxygens (including phenoxy) is 1. The summed E-state index contributed by atoms with van der Waals surface area (Å²) in [6.45, 7) is 5.26. The van der Waals surface area contributed by atoms with Gasteiger partial charge in [-0.3, -0.25) is 0 Å². The molecule has 8 heteroatoms. The fourth-order valence-electron chi connectivity index (χ4n) is 1.74. The molecule has 0 bridgehead atoms. The number of hydrogen-bond acceptors (Lipinski definition) is 4. The predicted molar refractivity (Wildman–Crippen MR) is 63.2 cm³/mol. The van der Waals surface area contributed by atoms with Gasteiger partial charge in [0.25, 0.3) is 0 Å². The monoisotopic (exact) mass is 292 g/mol. The fraction of sp³-hybridized carbons (Fsp3) is 0.583. The van der Waals surface area contributed by atoms with E-state index in [1.54, 1.807) is 20.8 Å². The Kier molecular flexibility index (Phi) is 4.38. The number of aromatic carboxylic acids is 1. The zero-order valence-corrected chi connectivity index (χ0v) is 11.4. The molecule has 0 aromatic carbocycles. The van der Waals surface area contributed by atoms with Crippen molar-refractivity contribution < 1.29 is 27.8 Å². The Balaban J connectivity index is 3.43. The van der Waals surface area contributed by atoms with E-state index in [1.807, 2.05) is 0 Å². The fourth-order valence-corrected chi connectivity index (χ4v) is 1.74. The van der Waals surface area contributed by atoms with Crippen LogP contribution in [-0.2, 0) is 10.9 Å². The van der Waals surface area contributed by atoms with Crippen LogP contribution in [0.5, 0.6) is 0 Å². The number of carboxylic acid groups (broad SMARTS) is 1. The van der Waals surface area contributed by atoms with Crippen molar-refractivity contribution in [2.45, 2.75) is 33.1 Å². The van der Waals surface area contributed by atoms with E-state index in [4.69, 9.17) is 9.84 Å². The van der Waals surface area contributed by atoms with Gasteiger partial charge in [-0.25, -0.2) is 14.8 Å². The summed E-state index contributed by atoms with van der Waals surface area (Å²) in [5.41, 5.74) is -2.99. The van der Waals surface area contributed by atoms with Crippen molar-refractivity contribution in [3.8, 4) is 0 Å². The topological polar surface area (TPSA) is 72.3 Å². The zero-order valence-electron chi connectivity index (χ0n) is 11.4. The van der Waals surface area contributed by atoms with Crippen LogP contribution in [0.3, 0.4) is 0 Å². The summed E-state index contributed by atoms with van der Waals surface area (Å²) < 4.78 is 43.7. The molecule has 0 aliphatic carbocycles. The summed E-state index contributed by atoms with van der Waals surface area (Å²) in [5, 5.41) is 8.76. The molecule has 1 heterocycles. The van der Waals surface area contributed by atoms with Crippen molar-refractivity contribution in [3.05, 3.63) is 23.3 Å². The minimum Gasteiger partial charge on any atom is -0.478 e. The summed E-state index contributed by atoms with van der Waals surface area (Å²) >= 11 is 0. The van der Waals surface area contributed by atoms with Crippen molar-refractivity contribution in [2.75, 3.05) is 7.11 Å². The molecular weight excluding hydrogens is 277 g/mol. The molecule has 0 spiro atoms. The number of carboxylic acids is 1. The van der Waals surface area contributed by atoms with E-state index in [0.717, 1.165) is 0 Å². The maximum absolute atomic E-state index is 12.9. The number of carbonyl (C=O) groups is 1. The Labute approximate surface area is 113 Å². The average Bonchev–Trinajstić information content (AvgIpc) is 2.26. The molecule has 20 heavy (non-hydrogen) atoms. The molecule has 0 amide bonds. The number of methoxy groups -OCH3 is 1. The van der Waals surface area contributed by atoms with Crippen LogP contribution in [0.4, 0.5) is 13.2 Å². The molecule has 1 N–H and O–H groups in total. The van der Waals surface area contributed by atoms with Crippen LogP contribution >= 0.6 is 0 Å². The molecule has 0 aliphatic rings. The molecular formula is C12H15F3N2O3. The van der Waals surface area contributed by atoms with Gasteiger partial charge in [0.1, 0.15) is 11.7 Å². The number of rotatable bonds is 3. The van der Waals surface area contributed by atoms with Crippen molar-refractivity contribution in [1.82, 2.24) is 9.97 Å². The van der Waals surface area contributed by atoms with Crippen molar-refractivity contribution in [3.63, 3.8) is 0 Å². The number of aromatic nitrogens is 2. The summed E-state index contributed by atoms with van der Waals surface area (Å²) in [7, 11) is 1.33. The third-order valence-electron chi connectivity index (χ3n) is 2.56. The van der Waals surface area contributed by atoms with E-state index in [1.165, 1.54) is 7.11 Å². The van der Waals surface area contributed by atoms with Crippen molar-refractivity contribution in [1.29, 1.82) is 0 Å². The molecule has 1 aromatic heterocycles. The number of hydrogen-bond donors (Lipinski definition) is 1. The SMILES string of the molecule is COC(c1ncc(C(=O)O)c(C(F)(F)F)n1)C(C)(C)C. The van der Waals surface area contributed by atoms with E-state index in [2.05, 4.69) is 9.97 Å². The van der Waals surface area contributed by atoms with E-state index < -0.39 is 34.9 Å². The molecule has 1 aromatic rings. The van der Waals surface area contributed by atoms with Crippen LogP contribution in [0, 0.1) is 5.41 Å². The molecule has 0 aliphatic heterocycles. The molecule has 112 valence electrons. The van der Waals surface area contributed by atoms with Crippen molar-refractivity contribution in [2.24, 2.45) is 5.41 Å². The minimum atomic E-state index is -4.87. The van der Waals surface area contributed by atoms with Gasteiger partial charge in [-0.15, -0.1) is 0 Å². The normalized spacial score (nSPS) is 14.2. The molecule has 0 saturated heterocycles. The Morgan fingerprint density at radius 3 is 2.25 bits per heavy atom. The van der Waals surface area contributed by atoms with Crippen LogP contribution in [0.1, 0.15) is 48.8 Å². The Hall–Kier alpha value is -1.70. The summed E-state index contributed by atoms with van der Waals surface area (Å²) in [6.07, 6.45) is -5.00. The van der Waals surface area contributed by atoms with Gasteiger partial charge in [0.2, 0.25) is 0 Å². The Morgan fingerprint density at radius 2 is 1.90 bits per heavy atom. The second-order valence-electron chi connectivity index (χ2n) is 5.28. The highest BCUT2D eigenvalue weighted by atomic mass is 19.4. The van der Waals surface area contributed by atoms with Gasteiger partial charge < -0.3 is 9.84 Å². The van der Waals surface area contributed by atoms with E-state index in [9.17, 15) is 18.0 Å². The summed E-state index contributed by atoms with van der Waals surface area (Å²) in [5.74, 6) is -1.93.